The molecule has 0 aliphatic carbocycles. The number of fused-ring (bicyclic) bond motifs is 1. The van der Waals surface area contributed by atoms with Crippen LogP contribution in [0.4, 0.5) is 10.6 Å². The van der Waals surface area contributed by atoms with E-state index in [1.165, 1.54) is 23.6 Å². The number of amides is 2. The lowest BCUT2D eigenvalue weighted by Gasteiger charge is -2.35. The summed E-state index contributed by atoms with van der Waals surface area (Å²) in [6.45, 7) is 4.30. The predicted molar refractivity (Wildman–Crippen MR) is 91.0 cm³/mol. The quantitative estimate of drug-likeness (QED) is 0.869. The molecule has 2 aromatic rings. The van der Waals surface area contributed by atoms with Gasteiger partial charge in [-0.3, -0.25) is 10.1 Å². The van der Waals surface area contributed by atoms with Gasteiger partial charge in [0.15, 0.2) is 5.78 Å². The third kappa shape index (κ3) is 3.12. The Kier molecular flexibility index (Phi) is 4.43. The maximum atomic E-state index is 12.6. The zero-order chi connectivity index (χ0) is 16.4. The van der Waals surface area contributed by atoms with E-state index < -0.39 is 0 Å². The number of thiophene rings is 1. The first-order valence-electron chi connectivity index (χ1n) is 7.71. The van der Waals surface area contributed by atoms with Crippen LogP contribution in [0.25, 0.3) is 0 Å². The molecule has 2 amide bonds. The Labute approximate surface area is 139 Å². The lowest BCUT2D eigenvalue weighted by Crippen LogP contribution is -2.42. The van der Waals surface area contributed by atoms with Crippen LogP contribution in [0, 0.1) is 0 Å². The summed E-state index contributed by atoms with van der Waals surface area (Å²) >= 11 is 1.76. The maximum Gasteiger partial charge on any atom is 0.323 e. The van der Waals surface area contributed by atoms with Gasteiger partial charge in [0, 0.05) is 23.2 Å². The largest absolute Gasteiger partial charge is 0.323 e. The molecule has 5 nitrogen and oxygen atoms in total. The topological polar surface area (TPSA) is 62.3 Å². The number of anilines is 1. The molecule has 23 heavy (non-hydrogen) atoms. The number of aromatic nitrogens is 1. The van der Waals surface area contributed by atoms with E-state index >= 15 is 0 Å². The van der Waals surface area contributed by atoms with E-state index in [4.69, 9.17) is 0 Å². The molecule has 0 spiro atoms. The summed E-state index contributed by atoms with van der Waals surface area (Å²) in [7, 11) is 0. The Hall–Kier alpha value is -2.21. The molecule has 6 heteroatoms. The molecule has 0 fully saturated rings. The number of carbonyl (C=O) groups is 2. The van der Waals surface area contributed by atoms with Crippen molar-refractivity contribution < 1.29 is 9.59 Å². The van der Waals surface area contributed by atoms with Gasteiger partial charge >= 0.3 is 6.03 Å². The number of ketones is 1. The van der Waals surface area contributed by atoms with E-state index in [0.29, 0.717) is 17.9 Å². The lowest BCUT2D eigenvalue weighted by molar-refractivity contribution is 0.101. The van der Waals surface area contributed by atoms with Crippen molar-refractivity contribution in [2.24, 2.45) is 0 Å². The van der Waals surface area contributed by atoms with Crippen LogP contribution in [0.1, 0.15) is 47.1 Å². The van der Waals surface area contributed by atoms with E-state index in [2.05, 4.69) is 28.7 Å². The molecule has 1 atom stereocenters. The van der Waals surface area contributed by atoms with Crippen molar-refractivity contribution in [3.63, 3.8) is 0 Å². The second kappa shape index (κ2) is 6.50. The average Bonchev–Trinajstić information content (AvgIpc) is 3.02. The van der Waals surface area contributed by atoms with E-state index in [0.717, 1.165) is 12.8 Å². The zero-order valence-corrected chi connectivity index (χ0v) is 14.0. The van der Waals surface area contributed by atoms with Crippen molar-refractivity contribution >= 4 is 29.0 Å². The molecule has 0 bridgehead atoms. The van der Waals surface area contributed by atoms with E-state index in [9.17, 15) is 9.59 Å². The molecule has 3 heterocycles. The third-order valence-corrected chi connectivity index (χ3v) is 5.14. The number of carbonyl (C=O) groups excluding carboxylic acids is 2. The van der Waals surface area contributed by atoms with Crippen molar-refractivity contribution in [1.82, 2.24) is 9.88 Å². The highest BCUT2D eigenvalue weighted by atomic mass is 32.1. The molecule has 1 aliphatic heterocycles. The molecule has 0 aromatic carbocycles. The molecule has 0 saturated heterocycles. The number of nitrogens with zero attached hydrogens (tertiary/aromatic N) is 2. The minimum Gasteiger partial charge on any atom is -0.317 e. The maximum absolute atomic E-state index is 12.6. The Bertz CT molecular complexity index is 724. The highest BCUT2D eigenvalue weighted by Gasteiger charge is 2.30. The number of rotatable bonds is 3. The first-order chi connectivity index (χ1) is 11.1. The summed E-state index contributed by atoms with van der Waals surface area (Å²) < 4.78 is 0. The molecule has 1 N–H and O–H groups in total. The van der Waals surface area contributed by atoms with Crippen molar-refractivity contribution in [3.8, 4) is 0 Å². The molecule has 0 unspecified atom stereocenters. The molecule has 0 radical (unpaired) electrons. The fraction of sp³-hybridized carbons (Fsp3) is 0.353. The van der Waals surface area contributed by atoms with Gasteiger partial charge in [0.05, 0.1) is 6.04 Å². The zero-order valence-electron chi connectivity index (χ0n) is 13.2. The highest BCUT2D eigenvalue weighted by molar-refractivity contribution is 7.10. The minimum atomic E-state index is -0.142. The molecular weight excluding hydrogens is 310 g/mol. The Morgan fingerprint density at radius 1 is 1.39 bits per heavy atom. The smallest absolute Gasteiger partial charge is 0.317 e. The first-order valence-corrected chi connectivity index (χ1v) is 8.59. The van der Waals surface area contributed by atoms with Gasteiger partial charge in [0.2, 0.25) is 0 Å². The van der Waals surface area contributed by atoms with Crippen LogP contribution in [-0.2, 0) is 6.42 Å². The third-order valence-electron chi connectivity index (χ3n) is 4.15. The molecule has 1 aliphatic rings. The first kappa shape index (κ1) is 15.7. The molecular formula is C17H19N3O2S. The lowest BCUT2D eigenvalue weighted by atomic mass is 9.98. The standard InChI is InChI=1S/C17H19N3O2S/c1-3-14-13-7-9-23-15(13)6-8-20(14)17(22)19-16-5-4-12(10-18-16)11(2)21/h4-5,7,9-10,14H,3,6,8H2,1-2H3,(H,18,19,22)/t14-/m1/s1. The van der Waals surface area contributed by atoms with Crippen molar-refractivity contribution in [3.05, 3.63) is 45.8 Å². The molecule has 3 rings (SSSR count). The summed E-state index contributed by atoms with van der Waals surface area (Å²) in [5.41, 5.74) is 1.80. The molecule has 0 saturated carbocycles. The monoisotopic (exact) mass is 329 g/mol. The van der Waals surface area contributed by atoms with Gasteiger partial charge in [-0.2, -0.15) is 0 Å². The van der Waals surface area contributed by atoms with Crippen LogP contribution in [-0.4, -0.2) is 28.2 Å². The van der Waals surface area contributed by atoms with Gasteiger partial charge in [0.1, 0.15) is 5.82 Å². The van der Waals surface area contributed by atoms with Gasteiger partial charge in [0.25, 0.3) is 0 Å². The van der Waals surface area contributed by atoms with Gasteiger partial charge in [-0.1, -0.05) is 6.92 Å². The summed E-state index contributed by atoms with van der Waals surface area (Å²) in [6, 6.07) is 5.43. The fourth-order valence-electron chi connectivity index (χ4n) is 2.94. The fourth-order valence-corrected chi connectivity index (χ4v) is 3.87. The number of pyridine rings is 1. The van der Waals surface area contributed by atoms with Crippen molar-refractivity contribution in [1.29, 1.82) is 0 Å². The summed E-state index contributed by atoms with van der Waals surface area (Å²) in [5, 5.41) is 4.93. The second-order valence-electron chi connectivity index (χ2n) is 5.59. The molecule has 120 valence electrons. The second-order valence-corrected chi connectivity index (χ2v) is 6.59. The normalized spacial score (nSPS) is 16.8. The number of hydrogen-bond acceptors (Lipinski definition) is 4. The van der Waals surface area contributed by atoms with Crippen LogP contribution in [0.2, 0.25) is 0 Å². The van der Waals surface area contributed by atoms with Gasteiger partial charge in [-0.15, -0.1) is 11.3 Å². The summed E-state index contributed by atoms with van der Waals surface area (Å²) in [5.74, 6) is 0.424. The predicted octanol–water partition coefficient (Wildman–Crippen LogP) is 3.89. The highest BCUT2D eigenvalue weighted by Crippen LogP contribution is 2.35. The molecule has 2 aromatic heterocycles. The Morgan fingerprint density at radius 3 is 2.87 bits per heavy atom. The van der Waals surface area contributed by atoms with Crippen LogP contribution in [0.5, 0.6) is 0 Å². The van der Waals surface area contributed by atoms with Gasteiger partial charge in [-0.05, 0) is 48.9 Å². The number of hydrogen-bond donors (Lipinski definition) is 1. The van der Waals surface area contributed by atoms with Gasteiger partial charge in [-0.25, -0.2) is 9.78 Å². The Morgan fingerprint density at radius 2 is 2.22 bits per heavy atom. The average molecular weight is 329 g/mol. The minimum absolute atomic E-state index is 0.0394. The van der Waals surface area contributed by atoms with E-state index in [-0.39, 0.29) is 17.9 Å². The van der Waals surface area contributed by atoms with Crippen LogP contribution < -0.4 is 5.32 Å². The van der Waals surface area contributed by atoms with Gasteiger partial charge < -0.3 is 4.90 Å². The number of urea groups is 1. The van der Waals surface area contributed by atoms with Crippen LogP contribution in [0.15, 0.2) is 29.8 Å². The van der Waals surface area contributed by atoms with E-state index in [1.54, 1.807) is 23.5 Å². The van der Waals surface area contributed by atoms with Crippen molar-refractivity contribution in [2.75, 3.05) is 11.9 Å². The number of Topliss-reactive ketones (excluding diaryl/α,β-unsaturated/α-hetero) is 1. The van der Waals surface area contributed by atoms with E-state index in [1.807, 2.05) is 4.90 Å². The SMILES string of the molecule is CC[C@@H]1c2ccsc2CCN1C(=O)Nc1ccc(C(C)=O)cn1. The Balaban J connectivity index is 1.74. The summed E-state index contributed by atoms with van der Waals surface area (Å²) in [4.78, 5) is 31.3. The number of nitrogens with one attached hydrogen (secondary N) is 1. The summed E-state index contributed by atoms with van der Waals surface area (Å²) in [6.07, 6.45) is 3.27. The van der Waals surface area contributed by atoms with Crippen LogP contribution in [0.3, 0.4) is 0 Å². The van der Waals surface area contributed by atoms with Crippen LogP contribution >= 0.6 is 11.3 Å². The van der Waals surface area contributed by atoms with Crippen molar-refractivity contribution in [2.45, 2.75) is 32.7 Å².